The van der Waals surface area contributed by atoms with Crippen LogP contribution in [-0.2, 0) is 11.3 Å². The standard InChI is InChI=1S/C19H21N3O/c20-11-13-5-1-2-6-14(13)17-12-22-10-9-21-19(23)18(22)16-8-4-3-7-15(16)17/h1-8,17-18H,9-12,20H2,(H,21,23). The fourth-order valence-electron chi connectivity index (χ4n) is 3.98. The third-order valence-electron chi connectivity index (χ3n) is 5.05. The Labute approximate surface area is 136 Å². The van der Waals surface area contributed by atoms with Crippen LogP contribution in [0.5, 0.6) is 0 Å². The monoisotopic (exact) mass is 307 g/mol. The second kappa shape index (κ2) is 5.80. The quantitative estimate of drug-likeness (QED) is 0.889. The Balaban J connectivity index is 1.85. The molecule has 1 fully saturated rings. The van der Waals surface area contributed by atoms with E-state index in [0.717, 1.165) is 25.2 Å². The van der Waals surface area contributed by atoms with E-state index in [9.17, 15) is 4.79 Å². The predicted octanol–water partition coefficient (Wildman–Crippen LogP) is 1.76. The maximum atomic E-state index is 12.4. The Morgan fingerprint density at radius 2 is 1.74 bits per heavy atom. The molecule has 4 heteroatoms. The number of hydrogen-bond donors (Lipinski definition) is 2. The molecule has 0 saturated carbocycles. The molecule has 2 unspecified atom stereocenters. The molecular formula is C19H21N3O. The SMILES string of the molecule is NCc1ccccc1C1CN2CCNC(=O)C2c2ccccc21. The zero-order chi connectivity index (χ0) is 15.8. The highest BCUT2D eigenvalue weighted by atomic mass is 16.2. The molecule has 2 heterocycles. The number of carbonyl (C=O) groups excluding carboxylic acids is 1. The number of fused-ring (bicyclic) bond motifs is 3. The van der Waals surface area contributed by atoms with Crippen LogP contribution in [0.4, 0.5) is 0 Å². The number of benzene rings is 2. The van der Waals surface area contributed by atoms with E-state index in [1.165, 1.54) is 16.7 Å². The van der Waals surface area contributed by atoms with Crippen molar-refractivity contribution >= 4 is 5.91 Å². The second-order valence-electron chi connectivity index (χ2n) is 6.27. The summed E-state index contributed by atoms with van der Waals surface area (Å²) in [6.07, 6.45) is 0. The molecule has 4 nitrogen and oxygen atoms in total. The molecule has 2 aromatic rings. The van der Waals surface area contributed by atoms with Gasteiger partial charge < -0.3 is 11.1 Å². The van der Waals surface area contributed by atoms with Gasteiger partial charge in [0.05, 0.1) is 0 Å². The van der Waals surface area contributed by atoms with Gasteiger partial charge in [-0.1, -0.05) is 48.5 Å². The highest BCUT2D eigenvalue weighted by molar-refractivity contribution is 5.85. The molecule has 23 heavy (non-hydrogen) atoms. The van der Waals surface area contributed by atoms with Crippen LogP contribution in [0, 0.1) is 0 Å². The lowest BCUT2D eigenvalue weighted by atomic mass is 9.79. The summed E-state index contributed by atoms with van der Waals surface area (Å²) in [4.78, 5) is 14.7. The summed E-state index contributed by atoms with van der Waals surface area (Å²) in [5, 5.41) is 3.00. The Hall–Kier alpha value is -2.17. The smallest absolute Gasteiger partial charge is 0.242 e. The lowest BCUT2D eigenvalue weighted by Gasteiger charge is -2.43. The average Bonchev–Trinajstić information content (AvgIpc) is 2.61. The van der Waals surface area contributed by atoms with E-state index in [1.807, 2.05) is 12.1 Å². The average molecular weight is 307 g/mol. The molecule has 2 aliphatic heterocycles. The zero-order valence-corrected chi connectivity index (χ0v) is 13.0. The Morgan fingerprint density at radius 3 is 2.52 bits per heavy atom. The molecule has 4 rings (SSSR count). The number of piperazine rings is 1. The van der Waals surface area contributed by atoms with Crippen molar-refractivity contribution in [3.63, 3.8) is 0 Å². The molecule has 0 radical (unpaired) electrons. The lowest BCUT2D eigenvalue weighted by Crippen LogP contribution is -2.53. The van der Waals surface area contributed by atoms with E-state index in [0.29, 0.717) is 6.54 Å². The largest absolute Gasteiger partial charge is 0.353 e. The van der Waals surface area contributed by atoms with E-state index in [1.54, 1.807) is 0 Å². The number of nitrogens with two attached hydrogens (primary N) is 1. The van der Waals surface area contributed by atoms with Gasteiger partial charge in [0, 0.05) is 32.1 Å². The predicted molar refractivity (Wildman–Crippen MR) is 89.9 cm³/mol. The van der Waals surface area contributed by atoms with Crippen LogP contribution in [0.25, 0.3) is 0 Å². The maximum absolute atomic E-state index is 12.4. The Bertz CT molecular complexity index is 743. The van der Waals surface area contributed by atoms with Gasteiger partial charge in [-0.2, -0.15) is 0 Å². The first-order chi connectivity index (χ1) is 11.3. The molecule has 1 amide bonds. The highest BCUT2D eigenvalue weighted by Crippen LogP contribution is 2.40. The summed E-state index contributed by atoms with van der Waals surface area (Å²) in [5.41, 5.74) is 10.8. The first-order valence-corrected chi connectivity index (χ1v) is 8.18. The van der Waals surface area contributed by atoms with Gasteiger partial charge >= 0.3 is 0 Å². The molecule has 2 aliphatic rings. The molecule has 2 aromatic carbocycles. The molecule has 0 aromatic heterocycles. The summed E-state index contributed by atoms with van der Waals surface area (Å²) < 4.78 is 0. The van der Waals surface area contributed by atoms with Gasteiger partial charge in [0.1, 0.15) is 6.04 Å². The Morgan fingerprint density at radius 1 is 1.04 bits per heavy atom. The van der Waals surface area contributed by atoms with E-state index in [2.05, 4.69) is 46.6 Å². The maximum Gasteiger partial charge on any atom is 0.242 e. The van der Waals surface area contributed by atoms with Crippen molar-refractivity contribution in [1.82, 2.24) is 10.2 Å². The fraction of sp³-hybridized carbons (Fsp3) is 0.316. The minimum Gasteiger partial charge on any atom is -0.353 e. The minimum atomic E-state index is -0.152. The normalized spacial score (nSPS) is 23.8. The van der Waals surface area contributed by atoms with Crippen molar-refractivity contribution in [2.75, 3.05) is 19.6 Å². The molecule has 0 spiro atoms. The van der Waals surface area contributed by atoms with Crippen molar-refractivity contribution < 1.29 is 4.79 Å². The summed E-state index contributed by atoms with van der Waals surface area (Å²) in [6.45, 7) is 3.03. The van der Waals surface area contributed by atoms with Gasteiger partial charge in [-0.05, 0) is 22.3 Å². The topological polar surface area (TPSA) is 58.4 Å². The van der Waals surface area contributed by atoms with Crippen LogP contribution in [0.3, 0.4) is 0 Å². The highest BCUT2D eigenvalue weighted by Gasteiger charge is 2.39. The summed E-state index contributed by atoms with van der Waals surface area (Å²) >= 11 is 0. The van der Waals surface area contributed by atoms with E-state index in [-0.39, 0.29) is 17.9 Å². The summed E-state index contributed by atoms with van der Waals surface area (Å²) in [6, 6.07) is 16.6. The number of nitrogens with one attached hydrogen (secondary N) is 1. The van der Waals surface area contributed by atoms with E-state index < -0.39 is 0 Å². The molecule has 0 bridgehead atoms. The fourth-order valence-corrected chi connectivity index (χ4v) is 3.98. The van der Waals surface area contributed by atoms with Crippen molar-refractivity contribution in [3.8, 4) is 0 Å². The van der Waals surface area contributed by atoms with E-state index in [4.69, 9.17) is 5.73 Å². The number of rotatable bonds is 2. The van der Waals surface area contributed by atoms with Crippen molar-refractivity contribution in [1.29, 1.82) is 0 Å². The number of amides is 1. The van der Waals surface area contributed by atoms with Gasteiger partial charge in [0.25, 0.3) is 0 Å². The third kappa shape index (κ3) is 2.35. The van der Waals surface area contributed by atoms with Gasteiger partial charge in [-0.3, -0.25) is 9.69 Å². The minimum absolute atomic E-state index is 0.120. The second-order valence-corrected chi connectivity index (χ2v) is 6.27. The summed E-state index contributed by atoms with van der Waals surface area (Å²) in [7, 11) is 0. The van der Waals surface area contributed by atoms with Crippen molar-refractivity contribution in [2.24, 2.45) is 5.73 Å². The number of nitrogens with zero attached hydrogens (tertiary/aromatic N) is 1. The van der Waals surface area contributed by atoms with Crippen LogP contribution in [0.2, 0.25) is 0 Å². The van der Waals surface area contributed by atoms with Gasteiger partial charge in [-0.25, -0.2) is 0 Å². The molecule has 118 valence electrons. The van der Waals surface area contributed by atoms with Crippen molar-refractivity contribution in [2.45, 2.75) is 18.5 Å². The molecule has 0 aliphatic carbocycles. The molecule has 2 atom stereocenters. The summed E-state index contributed by atoms with van der Waals surface area (Å²) in [5.74, 6) is 0.391. The van der Waals surface area contributed by atoms with Crippen LogP contribution < -0.4 is 11.1 Å². The van der Waals surface area contributed by atoms with Gasteiger partial charge in [0.15, 0.2) is 0 Å². The molecule has 3 N–H and O–H groups in total. The molecule has 1 saturated heterocycles. The number of hydrogen-bond acceptors (Lipinski definition) is 3. The van der Waals surface area contributed by atoms with Crippen LogP contribution in [0.1, 0.15) is 34.2 Å². The van der Waals surface area contributed by atoms with Crippen LogP contribution >= 0.6 is 0 Å². The zero-order valence-electron chi connectivity index (χ0n) is 13.0. The third-order valence-corrected chi connectivity index (χ3v) is 5.05. The lowest BCUT2D eigenvalue weighted by molar-refractivity contribution is -0.129. The first kappa shape index (κ1) is 14.4. The first-order valence-electron chi connectivity index (χ1n) is 8.18. The van der Waals surface area contributed by atoms with Gasteiger partial charge in [-0.15, -0.1) is 0 Å². The van der Waals surface area contributed by atoms with E-state index >= 15 is 0 Å². The number of carbonyl (C=O) groups is 1. The Kier molecular flexibility index (Phi) is 3.63. The molecular weight excluding hydrogens is 286 g/mol. The van der Waals surface area contributed by atoms with Crippen molar-refractivity contribution in [3.05, 3.63) is 70.8 Å². The van der Waals surface area contributed by atoms with Gasteiger partial charge in [0.2, 0.25) is 5.91 Å². The van der Waals surface area contributed by atoms with Crippen LogP contribution in [0.15, 0.2) is 48.5 Å². The van der Waals surface area contributed by atoms with Crippen LogP contribution in [-0.4, -0.2) is 30.4 Å².